The van der Waals surface area contributed by atoms with Gasteiger partial charge in [0.1, 0.15) is 6.29 Å². The summed E-state index contributed by atoms with van der Waals surface area (Å²) in [5, 5.41) is 0. The van der Waals surface area contributed by atoms with Gasteiger partial charge in [-0.15, -0.1) is 0 Å². The first kappa shape index (κ1) is 13.1. The van der Waals surface area contributed by atoms with Crippen LogP contribution in [0, 0.1) is 6.92 Å². The van der Waals surface area contributed by atoms with Crippen LogP contribution >= 0.6 is 11.8 Å². The monoisotopic (exact) mass is 248 g/mol. The molecule has 1 aromatic carbocycles. The summed E-state index contributed by atoms with van der Waals surface area (Å²) in [7, 11) is 0. The van der Waals surface area contributed by atoms with Crippen molar-refractivity contribution >= 4 is 18.0 Å². The van der Waals surface area contributed by atoms with Gasteiger partial charge in [0.05, 0.1) is 0 Å². The molecule has 0 fully saturated rings. The number of aldehydes is 1. The molecule has 0 radical (unpaired) electrons. The van der Waals surface area contributed by atoms with Crippen LogP contribution < -0.4 is 0 Å². The number of aryl methyl sites for hydroxylation is 2. The summed E-state index contributed by atoms with van der Waals surface area (Å²) in [4.78, 5) is 10.4. The van der Waals surface area contributed by atoms with Gasteiger partial charge in [-0.25, -0.2) is 0 Å². The third kappa shape index (κ3) is 4.26. The standard InChI is InChI=1S/C11H11F3OS/c1-8-7-9(3-2-6-15)4-5-10(8)16-11(12,13)14/h4-7H,2-3H2,1H3. The predicted octanol–water partition coefficient (Wildman–Crippen LogP) is 3.74. The van der Waals surface area contributed by atoms with Gasteiger partial charge in [-0.2, -0.15) is 13.2 Å². The molecule has 0 N–H and O–H groups in total. The van der Waals surface area contributed by atoms with Crippen molar-refractivity contribution < 1.29 is 18.0 Å². The fourth-order valence-corrected chi connectivity index (χ4v) is 1.94. The van der Waals surface area contributed by atoms with Gasteiger partial charge >= 0.3 is 5.51 Å². The molecule has 0 amide bonds. The molecule has 16 heavy (non-hydrogen) atoms. The highest BCUT2D eigenvalue weighted by molar-refractivity contribution is 8.00. The number of carbonyl (C=O) groups excluding carboxylic acids is 1. The Hall–Kier alpha value is -0.970. The number of hydrogen-bond donors (Lipinski definition) is 0. The van der Waals surface area contributed by atoms with Crippen molar-refractivity contribution in [3.05, 3.63) is 29.3 Å². The van der Waals surface area contributed by atoms with Crippen molar-refractivity contribution in [1.82, 2.24) is 0 Å². The minimum Gasteiger partial charge on any atom is -0.303 e. The molecule has 88 valence electrons. The SMILES string of the molecule is Cc1cc(CCC=O)ccc1SC(F)(F)F. The van der Waals surface area contributed by atoms with Crippen molar-refractivity contribution in [2.45, 2.75) is 30.2 Å². The average Bonchev–Trinajstić information content (AvgIpc) is 2.17. The molecule has 0 aliphatic carbocycles. The van der Waals surface area contributed by atoms with Gasteiger partial charge in [0.2, 0.25) is 0 Å². The quantitative estimate of drug-likeness (QED) is 0.596. The van der Waals surface area contributed by atoms with Gasteiger partial charge in [-0.3, -0.25) is 0 Å². The Morgan fingerprint density at radius 2 is 2.06 bits per heavy atom. The first-order valence-corrected chi connectivity index (χ1v) is 5.53. The molecule has 0 atom stereocenters. The normalized spacial score (nSPS) is 11.5. The molecule has 0 heterocycles. The van der Waals surface area contributed by atoms with Crippen LogP contribution in [0.15, 0.2) is 23.1 Å². The summed E-state index contributed by atoms with van der Waals surface area (Å²) in [6.07, 6.45) is 1.76. The number of rotatable bonds is 4. The van der Waals surface area contributed by atoms with Crippen molar-refractivity contribution in [3.8, 4) is 0 Å². The van der Waals surface area contributed by atoms with E-state index >= 15 is 0 Å². The Balaban J connectivity index is 2.79. The number of benzene rings is 1. The molecule has 1 nitrogen and oxygen atoms in total. The maximum atomic E-state index is 12.1. The second-order valence-corrected chi connectivity index (χ2v) is 4.46. The van der Waals surface area contributed by atoms with Crippen molar-refractivity contribution in [1.29, 1.82) is 0 Å². The van der Waals surface area contributed by atoms with Gasteiger partial charge < -0.3 is 4.79 Å². The third-order valence-electron chi connectivity index (χ3n) is 2.02. The predicted molar refractivity (Wildman–Crippen MR) is 57.5 cm³/mol. The van der Waals surface area contributed by atoms with Crippen LogP contribution in [0.5, 0.6) is 0 Å². The third-order valence-corrected chi connectivity index (χ3v) is 2.93. The van der Waals surface area contributed by atoms with Crippen LogP contribution in [0.4, 0.5) is 13.2 Å². The molecule has 1 aromatic rings. The van der Waals surface area contributed by atoms with Crippen molar-refractivity contribution in [2.24, 2.45) is 0 Å². The average molecular weight is 248 g/mol. The maximum Gasteiger partial charge on any atom is 0.446 e. The summed E-state index contributed by atoms with van der Waals surface area (Å²) in [5.41, 5.74) is -2.78. The molecule has 0 aliphatic rings. The summed E-state index contributed by atoms with van der Waals surface area (Å²) in [6, 6.07) is 4.77. The number of halogens is 3. The Morgan fingerprint density at radius 1 is 1.38 bits per heavy atom. The van der Waals surface area contributed by atoms with Gasteiger partial charge in [-0.1, -0.05) is 12.1 Å². The van der Waals surface area contributed by atoms with E-state index in [1.807, 2.05) is 0 Å². The maximum absolute atomic E-state index is 12.1. The smallest absolute Gasteiger partial charge is 0.303 e. The van der Waals surface area contributed by atoms with Crippen LogP contribution in [-0.4, -0.2) is 11.8 Å². The zero-order valence-corrected chi connectivity index (χ0v) is 9.49. The van der Waals surface area contributed by atoms with E-state index in [1.54, 1.807) is 19.1 Å². The summed E-state index contributed by atoms with van der Waals surface area (Å²) >= 11 is -0.110. The highest BCUT2D eigenvalue weighted by Gasteiger charge is 2.29. The van der Waals surface area contributed by atoms with Gasteiger partial charge in [0, 0.05) is 11.3 Å². The zero-order valence-electron chi connectivity index (χ0n) is 8.67. The molecular weight excluding hydrogens is 237 g/mol. The Kier molecular flexibility index (Phi) is 4.41. The molecule has 0 aliphatic heterocycles. The van der Waals surface area contributed by atoms with E-state index in [9.17, 15) is 18.0 Å². The topological polar surface area (TPSA) is 17.1 Å². The molecule has 0 saturated carbocycles. The second-order valence-electron chi connectivity index (χ2n) is 3.35. The zero-order chi connectivity index (χ0) is 12.2. The van der Waals surface area contributed by atoms with Crippen molar-refractivity contribution in [3.63, 3.8) is 0 Å². The molecular formula is C11H11F3OS. The van der Waals surface area contributed by atoms with Crippen LogP contribution in [0.2, 0.25) is 0 Å². The van der Waals surface area contributed by atoms with Crippen LogP contribution in [-0.2, 0) is 11.2 Å². The van der Waals surface area contributed by atoms with Gasteiger partial charge in [0.25, 0.3) is 0 Å². The van der Waals surface area contributed by atoms with Gasteiger partial charge in [0.15, 0.2) is 0 Å². The molecule has 0 bridgehead atoms. The Labute approximate surface area is 96.0 Å². The number of carbonyl (C=O) groups is 1. The number of thioether (sulfide) groups is 1. The van der Waals surface area contributed by atoms with E-state index in [0.29, 0.717) is 18.4 Å². The summed E-state index contributed by atoms with van der Waals surface area (Å²) in [6.45, 7) is 1.64. The Morgan fingerprint density at radius 3 is 2.56 bits per heavy atom. The highest BCUT2D eigenvalue weighted by atomic mass is 32.2. The van der Waals surface area contributed by atoms with E-state index in [1.165, 1.54) is 6.07 Å². The Bertz CT molecular complexity index is 374. The van der Waals surface area contributed by atoms with Crippen LogP contribution in [0.1, 0.15) is 17.5 Å². The molecule has 0 saturated heterocycles. The van der Waals surface area contributed by atoms with Gasteiger partial charge in [-0.05, 0) is 42.3 Å². The largest absolute Gasteiger partial charge is 0.446 e. The first-order chi connectivity index (χ1) is 7.42. The first-order valence-electron chi connectivity index (χ1n) is 4.71. The highest BCUT2D eigenvalue weighted by Crippen LogP contribution is 2.38. The van der Waals surface area contributed by atoms with E-state index < -0.39 is 5.51 Å². The molecule has 0 unspecified atom stereocenters. The van der Waals surface area contributed by atoms with E-state index in [-0.39, 0.29) is 16.7 Å². The lowest BCUT2D eigenvalue weighted by Gasteiger charge is -2.09. The van der Waals surface area contributed by atoms with E-state index in [0.717, 1.165) is 11.8 Å². The number of hydrogen-bond acceptors (Lipinski definition) is 2. The fourth-order valence-electron chi connectivity index (χ4n) is 1.33. The minimum atomic E-state index is -4.25. The number of alkyl halides is 3. The van der Waals surface area contributed by atoms with Crippen LogP contribution in [0.25, 0.3) is 0 Å². The molecule has 0 aromatic heterocycles. The molecule has 1 rings (SSSR count). The van der Waals surface area contributed by atoms with E-state index in [4.69, 9.17) is 0 Å². The van der Waals surface area contributed by atoms with Crippen molar-refractivity contribution in [2.75, 3.05) is 0 Å². The molecule has 0 spiro atoms. The lowest BCUT2D eigenvalue weighted by atomic mass is 10.1. The summed E-state index contributed by atoms with van der Waals surface area (Å²) in [5.74, 6) is 0. The lowest BCUT2D eigenvalue weighted by Crippen LogP contribution is -2.00. The molecule has 5 heteroatoms. The van der Waals surface area contributed by atoms with E-state index in [2.05, 4.69) is 0 Å². The van der Waals surface area contributed by atoms with Crippen LogP contribution in [0.3, 0.4) is 0 Å². The lowest BCUT2D eigenvalue weighted by molar-refractivity contribution is -0.107. The fraction of sp³-hybridized carbons (Fsp3) is 0.364. The summed E-state index contributed by atoms with van der Waals surface area (Å²) < 4.78 is 36.4. The minimum absolute atomic E-state index is 0.110. The second kappa shape index (κ2) is 5.39.